The van der Waals surface area contributed by atoms with E-state index in [1.165, 1.54) is 23.7 Å². The minimum Gasteiger partial charge on any atom is -0.338 e. The highest BCUT2D eigenvalue weighted by molar-refractivity contribution is 8.04. The van der Waals surface area contributed by atoms with Crippen LogP contribution in [0.1, 0.15) is 47.3 Å². The minimum absolute atomic E-state index is 0.00148. The number of likely N-dealkylation sites (tertiary alicyclic amines) is 1. The molecule has 4 nitrogen and oxygen atoms in total. The second-order valence-electron chi connectivity index (χ2n) is 10.2. The molecule has 2 aliphatic rings. The molecule has 1 saturated heterocycles. The molecule has 0 saturated carbocycles. The van der Waals surface area contributed by atoms with Crippen LogP contribution in [0.25, 0.3) is 6.08 Å². The van der Waals surface area contributed by atoms with Gasteiger partial charge in [-0.15, -0.1) is 0 Å². The lowest BCUT2D eigenvalue weighted by Crippen LogP contribution is -2.42. The molecule has 3 aromatic carbocycles. The van der Waals surface area contributed by atoms with Crippen LogP contribution >= 0.6 is 11.8 Å². The topological polar surface area (TPSA) is 40.6 Å². The van der Waals surface area contributed by atoms with Gasteiger partial charge in [0.2, 0.25) is 0 Å². The van der Waals surface area contributed by atoms with Gasteiger partial charge in [-0.1, -0.05) is 74.1 Å². The average molecular weight is 497 g/mol. The van der Waals surface area contributed by atoms with Crippen molar-refractivity contribution in [3.8, 4) is 0 Å². The lowest BCUT2D eigenvalue weighted by molar-refractivity contribution is -0.114. The van der Waals surface area contributed by atoms with Gasteiger partial charge in [0.25, 0.3) is 11.8 Å². The molecule has 2 unspecified atom stereocenters. The predicted molar refractivity (Wildman–Crippen MR) is 148 cm³/mol. The van der Waals surface area contributed by atoms with E-state index in [9.17, 15) is 9.59 Å². The second kappa shape index (κ2) is 10.4. The third kappa shape index (κ3) is 5.12. The SMILES string of the molecule is Cc1ccccc1CN1C(=O)/C(=C\c2ccc(C(=O)N3CC(C)CC(C)C3)cc2)Sc2ccccc21. The van der Waals surface area contributed by atoms with Crippen LogP contribution in [0, 0.1) is 18.8 Å². The first kappa shape index (κ1) is 24.4. The van der Waals surface area contributed by atoms with Crippen molar-refractivity contribution in [3.63, 3.8) is 0 Å². The summed E-state index contributed by atoms with van der Waals surface area (Å²) in [7, 11) is 0. The summed E-state index contributed by atoms with van der Waals surface area (Å²) in [5.41, 5.74) is 4.87. The molecule has 2 aliphatic heterocycles. The first-order valence-electron chi connectivity index (χ1n) is 12.6. The van der Waals surface area contributed by atoms with Crippen LogP contribution in [0.5, 0.6) is 0 Å². The number of aryl methyl sites for hydroxylation is 1. The molecular weight excluding hydrogens is 464 g/mol. The average Bonchev–Trinajstić information content (AvgIpc) is 2.87. The smallest absolute Gasteiger partial charge is 0.265 e. The van der Waals surface area contributed by atoms with Gasteiger partial charge in [0.1, 0.15) is 0 Å². The van der Waals surface area contributed by atoms with Crippen molar-refractivity contribution in [1.82, 2.24) is 4.90 Å². The van der Waals surface area contributed by atoms with Crippen LogP contribution < -0.4 is 4.90 Å². The van der Waals surface area contributed by atoms with Crippen LogP contribution in [0.15, 0.2) is 82.6 Å². The Morgan fingerprint density at radius 1 is 0.944 bits per heavy atom. The summed E-state index contributed by atoms with van der Waals surface area (Å²) in [4.78, 5) is 32.3. The number of benzene rings is 3. The first-order chi connectivity index (χ1) is 17.4. The monoisotopic (exact) mass is 496 g/mol. The Labute approximate surface area is 218 Å². The highest BCUT2D eigenvalue weighted by Gasteiger charge is 2.30. The van der Waals surface area contributed by atoms with Gasteiger partial charge in [-0.25, -0.2) is 0 Å². The fourth-order valence-electron chi connectivity index (χ4n) is 5.26. The van der Waals surface area contributed by atoms with E-state index in [1.807, 2.05) is 70.5 Å². The summed E-state index contributed by atoms with van der Waals surface area (Å²) in [6.45, 7) is 8.66. The summed E-state index contributed by atoms with van der Waals surface area (Å²) in [5, 5.41) is 0. The minimum atomic E-state index is -0.00148. The lowest BCUT2D eigenvalue weighted by Gasteiger charge is -2.35. The molecule has 0 spiro atoms. The van der Waals surface area contributed by atoms with Crippen LogP contribution in [0.3, 0.4) is 0 Å². The zero-order valence-corrected chi connectivity index (χ0v) is 21.9. The Kier molecular flexibility index (Phi) is 7.01. The lowest BCUT2D eigenvalue weighted by atomic mass is 9.91. The summed E-state index contributed by atoms with van der Waals surface area (Å²) in [6, 6.07) is 23.9. The largest absolute Gasteiger partial charge is 0.338 e. The third-order valence-corrected chi connectivity index (χ3v) is 8.11. The van der Waals surface area contributed by atoms with E-state index in [0.717, 1.165) is 34.8 Å². The molecule has 5 rings (SSSR count). The number of rotatable bonds is 4. The van der Waals surface area contributed by atoms with Crippen molar-refractivity contribution in [2.24, 2.45) is 11.8 Å². The fourth-order valence-corrected chi connectivity index (χ4v) is 6.32. The molecule has 0 aromatic heterocycles. The maximum absolute atomic E-state index is 13.6. The highest BCUT2D eigenvalue weighted by Crippen LogP contribution is 2.42. The summed E-state index contributed by atoms with van der Waals surface area (Å²) in [5.74, 6) is 1.15. The van der Waals surface area contributed by atoms with Crippen molar-refractivity contribution >= 4 is 35.3 Å². The number of amides is 2. The summed E-state index contributed by atoms with van der Waals surface area (Å²) >= 11 is 1.51. The van der Waals surface area contributed by atoms with E-state index in [-0.39, 0.29) is 11.8 Å². The maximum atomic E-state index is 13.6. The number of nitrogens with zero attached hydrogens (tertiary/aromatic N) is 2. The standard InChI is InChI=1S/C31H32N2O2S/c1-21-16-22(2)19-32(18-21)30(34)25-14-12-24(13-15-25)17-29-31(35)33(20-26-9-5-4-8-23(26)3)27-10-6-7-11-28(27)36-29/h4-15,17,21-22H,16,18-20H2,1-3H3/b29-17+. The maximum Gasteiger partial charge on any atom is 0.265 e. The van der Waals surface area contributed by atoms with Crippen LogP contribution in [-0.2, 0) is 11.3 Å². The molecule has 2 amide bonds. The molecule has 2 atom stereocenters. The summed E-state index contributed by atoms with van der Waals surface area (Å²) < 4.78 is 0. The molecule has 0 bridgehead atoms. The van der Waals surface area contributed by atoms with Gasteiger partial charge in [-0.05, 0) is 72.2 Å². The Hall–Kier alpha value is -3.31. The fraction of sp³-hybridized carbons (Fsp3) is 0.290. The van der Waals surface area contributed by atoms with E-state index in [1.54, 1.807) is 0 Å². The second-order valence-corrected chi connectivity index (χ2v) is 11.3. The number of thioether (sulfide) groups is 1. The van der Waals surface area contributed by atoms with Gasteiger partial charge in [0.05, 0.1) is 17.1 Å². The third-order valence-electron chi connectivity index (χ3n) is 7.03. The van der Waals surface area contributed by atoms with E-state index < -0.39 is 0 Å². The molecule has 184 valence electrons. The first-order valence-corrected chi connectivity index (χ1v) is 13.4. The molecule has 0 radical (unpaired) electrons. The molecule has 36 heavy (non-hydrogen) atoms. The molecule has 1 fully saturated rings. The van der Waals surface area contributed by atoms with E-state index in [4.69, 9.17) is 0 Å². The Morgan fingerprint density at radius 2 is 1.61 bits per heavy atom. The number of anilines is 1. The van der Waals surface area contributed by atoms with Gasteiger partial charge >= 0.3 is 0 Å². The number of para-hydroxylation sites is 1. The zero-order valence-electron chi connectivity index (χ0n) is 21.1. The number of hydrogen-bond donors (Lipinski definition) is 0. The Bertz CT molecular complexity index is 1300. The van der Waals surface area contributed by atoms with E-state index in [0.29, 0.717) is 28.8 Å². The van der Waals surface area contributed by atoms with Crippen molar-refractivity contribution in [2.75, 3.05) is 18.0 Å². The van der Waals surface area contributed by atoms with Crippen LogP contribution in [0.4, 0.5) is 5.69 Å². The van der Waals surface area contributed by atoms with Gasteiger partial charge < -0.3 is 9.80 Å². The van der Waals surface area contributed by atoms with Gasteiger partial charge in [0, 0.05) is 23.5 Å². The van der Waals surface area contributed by atoms with Gasteiger partial charge in [-0.3, -0.25) is 9.59 Å². The molecular formula is C31H32N2O2S. The Balaban J connectivity index is 1.39. The molecule has 0 N–H and O–H groups in total. The van der Waals surface area contributed by atoms with Crippen molar-refractivity contribution in [3.05, 3.63) is 100.0 Å². The zero-order chi connectivity index (χ0) is 25.2. The number of fused-ring (bicyclic) bond motifs is 1. The number of hydrogen-bond acceptors (Lipinski definition) is 3. The quantitative estimate of drug-likeness (QED) is 0.373. The molecule has 3 aromatic rings. The van der Waals surface area contributed by atoms with Crippen LogP contribution in [0.2, 0.25) is 0 Å². The number of piperidine rings is 1. The van der Waals surface area contributed by atoms with Gasteiger partial charge in [-0.2, -0.15) is 0 Å². The predicted octanol–water partition coefficient (Wildman–Crippen LogP) is 6.79. The van der Waals surface area contributed by atoms with E-state index >= 15 is 0 Å². The van der Waals surface area contributed by atoms with Crippen molar-refractivity contribution in [2.45, 2.75) is 38.6 Å². The highest BCUT2D eigenvalue weighted by atomic mass is 32.2. The normalized spacial score (nSPS) is 21.0. The number of carbonyl (C=O) groups excluding carboxylic acids is 2. The van der Waals surface area contributed by atoms with Gasteiger partial charge in [0.15, 0.2) is 0 Å². The van der Waals surface area contributed by atoms with E-state index in [2.05, 4.69) is 39.0 Å². The molecule has 2 heterocycles. The molecule has 0 aliphatic carbocycles. The Morgan fingerprint density at radius 3 is 2.33 bits per heavy atom. The van der Waals surface area contributed by atoms with Crippen LogP contribution in [-0.4, -0.2) is 29.8 Å². The summed E-state index contributed by atoms with van der Waals surface area (Å²) in [6.07, 6.45) is 3.11. The molecule has 5 heteroatoms. The number of carbonyl (C=O) groups is 2. The van der Waals surface area contributed by atoms with Crippen molar-refractivity contribution < 1.29 is 9.59 Å². The van der Waals surface area contributed by atoms with Crippen molar-refractivity contribution in [1.29, 1.82) is 0 Å².